The molecule has 0 N–H and O–H groups in total. The van der Waals surface area contributed by atoms with Gasteiger partial charge in [-0.2, -0.15) is 0 Å². The second-order valence-electron chi connectivity index (χ2n) is 13.6. The second kappa shape index (κ2) is 20.7. The van der Waals surface area contributed by atoms with E-state index in [0.717, 1.165) is 88.5 Å². The molecular formula is C42H52F4O4Ti. The van der Waals surface area contributed by atoms with Crippen molar-refractivity contribution in [3.8, 4) is 11.5 Å². The third-order valence-corrected chi connectivity index (χ3v) is 17.7. The molecule has 276 valence electrons. The average Bonchev–Trinajstić information content (AvgIpc) is 3.86. The second-order valence-corrected chi connectivity index (χ2v) is 19.5. The zero-order valence-electron chi connectivity index (χ0n) is 30.1. The summed E-state index contributed by atoms with van der Waals surface area (Å²) in [5.41, 5.74) is 0. The molecular weight excluding hydrogens is 692 g/mol. The SMILES string of the molecule is CCCCCCCCCC(=O)Oc1ccc(F)[c]([Ti]([C]2=CC=CC2)([C]2=CC=CC2)[c]2c(F)ccc(OC(=O)CCCCCCCCC)c2F)c1F. The van der Waals surface area contributed by atoms with E-state index in [0.29, 0.717) is 20.6 Å². The van der Waals surface area contributed by atoms with Crippen LogP contribution in [0.15, 0.2) is 68.5 Å². The number of benzene rings is 2. The summed E-state index contributed by atoms with van der Waals surface area (Å²) in [6.45, 7) is 4.29. The molecule has 0 aromatic heterocycles. The summed E-state index contributed by atoms with van der Waals surface area (Å²) in [7, 11) is 0. The first-order chi connectivity index (χ1) is 24.7. The van der Waals surface area contributed by atoms with Gasteiger partial charge in [-0.25, -0.2) is 0 Å². The molecule has 0 spiro atoms. The summed E-state index contributed by atoms with van der Waals surface area (Å²) in [6.07, 6.45) is 24.7. The predicted molar refractivity (Wildman–Crippen MR) is 192 cm³/mol. The first-order valence-electron chi connectivity index (χ1n) is 18.9. The van der Waals surface area contributed by atoms with E-state index in [-0.39, 0.29) is 25.7 Å². The molecule has 0 unspecified atom stereocenters. The molecule has 0 radical (unpaired) electrons. The van der Waals surface area contributed by atoms with Gasteiger partial charge in [0.25, 0.3) is 0 Å². The van der Waals surface area contributed by atoms with Crippen LogP contribution in [0.2, 0.25) is 0 Å². The molecule has 0 heterocycles. The first-order valence-corrected chi connectivity index (χ1v) is 22.0. The van der Waals surface area contributed by atoms with Crippen molar-refractivity contribution in [2.75, 3.05) is 0 Å². The fourth-order valence-corrected chi connectivity index (χ4v) is 15.4. The van der Waals surface area contributed by atoms with Crippen LogP contribution >= 0.6 is 0 Å². The number of allylic oxidation sites excluding steroid dienone is 8. The van der Waals surface area contributed by atoms with E-state index in [1.165, 1.54) is 12.8 Å². The van der Waals surface area contributed by atoms with Crippen molar-refractivity contribution in [1.29, 1.82) is 0 Å². The van der Waals surface area contributed by atoms with Crippen LogP contribution in [0.3, 0.4) is 0 Å². The van der Waals surface area contributed by atoms with Crippen molar-refractivity contribution in [3.05, 3.63) is 91.7 Å². The molecule has 2 aliphatic rings. The molecule has 0 bridgehead atoms. The van der Waals surface area contributed by atoms with Gasteiger partial charge in [0.2, 0.25) is 0 Å². The Morgan fingerprint density at radius 3 is 1.29 bits per heavy atom. The number of esters is 2. The Morgan fingerprint density at radius 2 is 0.941 bits per heavy atom. The van der Waals surface area contributed by atoms with Gasteiger partial charge in [-0.15, -0.1) is 0 Å². The minimum absolute atomic E-state index is 0.0617. The van der Waals surface area contributed by atoms with Gasteiger partial charge in [0, 0.05) is 0 Å². The van der Waals surface area contributed by atoms with E-state index >= 15 is 17.6 Å². The summed E-state index contributed by atoms with van der Waals surface area (Å²) in [5.74, 6) is -6.55. The minimum atomic E-state index is -5.20. The Morgan fingerprint density at radius 1 is 0.569 bits per heavy atom. The maximum atomic E-state index is 16.9. The molecule has 9 heteroatoms. The number of unbranched alkanes of at least 4 members (excludes halogenated alkanes) is 12. The van der Waals surface area contributed by atoms with E-state index in [9.17, 15) is 9.59 Å². The molecule has 0 aliphatic heterocycles. The third kappa shape index (κ3) is 10.4. The summed E-state index contributed by atoms with van der Waals surface area (Å²) in [6, 6.07) is 4.12. The Balaban J connectivity index is 1.68. The molecule has 4 nitrogen and oxygen atoms in total. The van der Waals surface area contributed by atoms with Crippen LogP contribution < -0.4 is 17.2 Å². The van der Waals surface area contributed by atoms with Gasteiger partial charge in [0.05, 0.1) is 0 Å². The number of carbonyl (C=O) groups is 2. The molecule has 0 amide bonds. The Hall–Kier alpha value is -3.23. The van der Waals surface area contributed by atoms with Gasteiger partial charge in [0.1, 0.15) is 0 Å². The Labute approximate surface area is 304 Å². The van der Waals surface area contributed by atoms with Crippen LogP contribution in [0, 0.1) is 23.3 Å². The fourth-order valence-electron chi connectivity index (χ4n) is 7.14. The van der Waals surface area contributed by atoms with Gasteiger partial charge in [-0.05, 0) is 0 Å². The van der Waals surface area contributed by atoms with Crippen LogP contribution in [0.1, 0.15) is 129 Å². The molecule has 2 aliphatic carbocycles. The molecule has 4 rings (SSSR count). The maximum absolute atomic E-state index is 16.9. The molecule has 2 aromatic carbocycles. The molecule has 0 saturated carbocycles. The van der Waals surface area contributed by atoms with E-state index in [2.05, 4.69) is 13.8 Å². The van der Waals surface area contributed by atoms with Crippen molar-refractivity contribution >= 4 is 19.7 Å². The monoisotopic (exact) mass is 744 g/mol. The number of halogens is 4. The number of hydrogen-bond acceptors (Lipinski definition) is 4. The zero-order valence-corrected chi connectivity index (χ0v) is 31.7. The molecule has 0 atom stereocenters. The summed E-state index contributed by atoms with van der Waals surface area (Å²) >= 11 is -5.20. The van der Waals surface area contributed by atoms with Crippen molar-refractivity contribution in [1.82, 2.24) is 0 Å². The topological polar surface area (TPSA) is 52.6 Å². The van der Waals surface area contributed by atoms with Crippen molar-refractivity contribution in [3.63, 3.8) is 0 Å². The van der Waals surface area contributed by atoms with Gasteiger partial charge in [0.15, 0.2) is 0 Å². The van der Waals surface area contributed by atoms with Gasteiger partial charge in [-0.3, -0.25) is 0 Å². The first kappa shape index (κ1) is 40.5. The van der Waals surface area contributed by atoms with Crippen LogP contribution in [-0.2, 0) is 26.2 Å². The number of hydrogen-bond donors (Lipinski definition) is 0. The quantitative estimate of drug-likeness (QED) is 0.0396. The van der Waals surface area contributed by atoms with E-state index in [4.69, 9.17) is 9.47 Å². The van der Waals surface area contributed by atoms with Crippen LogP contribution in [0.25, 0.3) is 0 Å². The number of carbonyl (C=O) groups excluding carboxylic acids is 2. The van der Waals surface area contributed by atoms with Crippen molar-refractivity contribution in [2.45, 2.75) is 129 Å². The fraction of sp³-hybridized carbons (Fsp3) is 0.476. The molecule has 0 saturated heterocycles. The summed E-state index contributed by atoms with van der Waals surface area (Å²) in [4.78, 5) is 25.7. The van der Waals surface area contributed by atoms with Gasteiger partial charge < -0.3 is 0 Å². The predicted octanol–water partition coefficient (Wildman–Crippen LogP) is 11.1. The molecule has 2 aromatic rings. The zero-order chi connectivity index (χ0) is 36.6. The molecule has 51 heavy (non-hydrogen) atoms. The number of ether oxygens (including phenoxy) is 2. The van der Waals surface area contributed by atoms with Crippen molar-refractivity contribution < 1.29 is 53.2 Å². The van der Waals surface area contributed by atoms with Crippen LogP contribution in [-0.4, -0.2) is 11.9 Å². The average molecular weight is 745 g/mol. The normalized spacial score (nSPS) is 13.8. The number of rotatable bonds is 22. The van der Waals surface area contributed by atoms with E-state index in [1.807, 2.05) is 0 Å². The Bertz CT molecular complexity index is 1510. The summed E-state index contributed by atoms with van der Waals surface area (Å²) < 4.78 is 77.4. The summed E-state index contributed by atoms with van der Waals surface area (Å²) in [5, 5.41) is 0. The standard InChI is InChI=1S/2C16H21F2O2.2C5H5.Ti/c2*1-2-3-4-5-6-7-8-9-16(19)20-15-11-10-13(17)12-14(15)18;2*1-2-4-5-3-1;/h2*10-11H,2-9H2,1H3;2*1-3H,4H2;. The van der Waals surface area contributed by atoms with E-state index in [1.54, 1.807) is 36.5 Å². The van der Waals surface area contributed by atoms with Crippen LogP contribution in [0.4, 0.5) is 17.6 Å². The third-order valence-electron chi connectivity index (χ3n) is 9.78. The molecule has 0 fully saturated rings. The Kier molecular flexibility index (Phi) is 16.5. The van der Waals surface area contributed by atoms with E-state index < -0.39 is 71.0 Å². The van der Waals surface area contributed by atoms with Gasteiger partial charge >= 0.3 is 279 Å². The van der Waals surface area contributed by atoms with Crippen LogP contribution in [0.5, 0.6) is 11.5 Å². The van der Waals surface area contributed by atoms with Gasteiger partial charge in [-0.1, -0.05) is 26.7 Å². The van der Waals surface area contributed by atoms with Crippen molar-refractivity contribution in [2.24, 2.45) is 0 Å².